The van der Waals surface area contributed by atoms with E-state index < -0.39 is 12.7 Å². The summed E-state index contributed by atoms with van der Waals surface area (Å²) < 4.78 is 12.6. The minimum absolute atomic E-state index is 0.106. The van der Waals surface area contributed by atoms with Crippen LogP contribution in [0.4, 0.5) is 14.2 Å². The Morgan fingerprint density at radius 3 is 2.75 bits per heavy atom. The number of hydrogen-bond donors (Lipinski definition) is 2. The molecule has 0 aromatic carbocycles. The standard InChI is InChI=1S/C22H33FN6O2S/c1-27(2)7-4-8-29(22(31)26-6-5-23)21(30)15-9-14-10-16-17(12-24)20(25)32-19(16)11-18(14)28(3)13-15/h14-15,18H,4-11,13,25H2,1-3H3,(H,26,31)/t14-,15-,18-/m1/s1. The lowest BCUT2D eigenvalue weighted by Gasteiger charge is -2.45. The minimum atomic E-state index is -0.672. The second-order valence-corrected chi connectivity index (χ2v) is 10.2. The van der Waals surface area contributed by atoms with Crippen LogP contribution in [0.3, 0.4) is 0 Å². The van der Waals surface area contributed by atoms with Crippen molar-refractivity contribution < 1.29 is 14.0 Å². The van der Waals surface area contributed by atoms with Crippen LogP contribution in [-0.4, -0.2) is 86.7 Å². The van der Waals surface area contributed by atoms with Crippen LogP contribution in [0.25, 0.3) is 0 Å². The van der Waals surface area contributed by atoms with Gasteiger partial charge >= 0.3 is 6.03 Å². The number of likely N-dealkylation sites (tertiary alicyclic amines) is 1. The number of rotatable bonds is 7. The molecule has 1 aromatic heterocycles. The number of carbonyl (C=O) groups is 2. The Kier molecular flexibility index (Phi) is 8.09. The molecular weight excluding hydrogens is 431 g/mol. The number of alkyl halides is 1. The molecule has 1 saturated heterocycles. The molecule has 8 nitrogen and oxygen atoms in total. The number of urea groups is 1. The van der Waals surface area contributed by atoms with Gasteiger partial charge in [-0.15, -0.1) is 11.3 Å². The number of nitrogens with one attached hydrogen (secondary N) is 1. The normalized spacial score (nSPS) is 22.7. The number of piperidine rings is 1. The fourth-order valence-corrected chi connectivity index (χ4v) is 6.08. The van der Waals surface area contributed by atoms with Crippen LogP contribution in [0.1, 0.15) is 28.8 Å². The number of hydrogen-bond acceptors (Lipinski definition) is 7. The van der Waals surface area contributed by atoms with Crippen molar-refractivity contribution in [2.75, 3.05) is 59.7 Å². The summed E-state index contributed by atoms with van der Waals surface area (Å²) in [7, 11) is 5.90. The summed E-state index contributed by atoms with van der Waals surface area (Å²) >= 11 is 1.50. The van der Waals surface area contributed by atoms with Crippen molar-refractivity contribution in [1.82, 2.24) is 20.0 Å². The quantitative estimate of drug-likeness (QED) is 0.636. The van der Waals surface area contributed by atoms with Gasteiger partial charge in [-0.3, -0.25) is 9.69 Å². The highest BCUT2D eigenvalue weighted by molar-refractivity contribution is 7.16. The van der Waals surface area contributed by atoms with Crippen LogP contribution < -0.4 is 11.1 Å². The van der Waals surface area contributed by atoms with E-state index >= 15 is 0 Å². The first-order chi connectivity index (χ1) is 15.3. The van der Waals surface area contributed by atoms with Gasteiger partial charge in [-0.05, 0) is 64.9 Å². The largest absolute Gasteiger partial charge is 0.389 e. The van der Waals surface area contributed by atoms with Gasteiger partial charge in [0, 0.05) is 30.6 Å². The van der Waals surface area contributed by atoms with E-state index in [2.05, 4.69) is 16.3 Å². The second-order valence-electron chi connectivity index (χ2n) is 9.03. The van der Waals surface area contributed by atoms with Crippen molar-refractivity contribution in [3.63, 3.8) is 0 Å². The zero-order valence-corrected chi connectivity index (χ0v) is 19.9. The Balaban J connectivity index is 1.75. The zero-order valence-electron chi connectivity index (χ0n) is 19.1. The molecule has 3 rings (SSSR count). The van der Waals surface area contributed by atoms with Gasteiger partial charge in [0.15, 0.2) is 0 Å². The number of carbonyl (C=O) groups excluding carboxylic acids is 2. The summed E-state index contributed by atoms with van der Waals surface area (Å²) in [5.74, 6) is -0.310. The molecule has 0 radical (unpaired) electrons. The maximum Gasteiger partial charge on any atom is 0.324 e. The molecule has 1 aromatic rings. The van der Waals surface area contributed by atoms with Crippen LogP contribution in [0.15, 0.2) is 0 Å². The van der Waals surface area contributed by atoms with Crippen molar-refractivity contribution in [3.8, 4) is 6.07 Å². The molecule has 3 N–H and O–H groups in total. The van der Waals surface area contributed by atoms with E-state index in [0.717, 1.165) is 24.9 Å². The first kappa shape index (κ1) is 24.4. The number of imide groups is 1. The van der Waals surface area contributed by atoms with Crippen LogP contribution in [0.5, 0.6) is 0 Å². The molecule has 0 saturated carbocycles. The van der Waals surface area contributed by atoms with Gasteiger partial charge in [0.25, 0.3) is 0 Å². The smallest absolute Gasteiger partial charge is 0.324 e. The number of fused-ring (bicyclic) bond motifs is 2. The molecule has 176 valence electrons. The summed E-state index contributed by atoms with van der Waals surface area (Å²) in [4.78, 5) is 32.7. The van der Waals surface area contributed by atoms with Gasteiger partial charge in [-0.25, -0.2) is 9.18 Å². The van der Waals surface area contributed by atoms with Crippen LogP contribution in [0.2, 0.25) is 0 Å². The van der Waals surface area contributed by atoms with E-state index in [-0.39, 0.29) is 24.3 Å². The Bertz CT molecular complexity index is 883. The third kappa shape index (κ3) is 5.22. The van der Waals surface area contributed by atoms with Crippen LogP contribution in [-0.2, 0) is 17.6 Å². The maximum atomic E-state index is 13.4. The summed E-state index contributed by atoms with van der Waals surface area (Å²) in [6, 6.07) is 2.00. The highest BCUT2D eigenvalue weighted by Crippen LogP contribution is 2.42. The molecule has 0 bridgehead atoms. The van der Waals surface area contributed by atoms with Crippen molar-refractivity contribution >= 4 is 28.3 Å². The molecule has 0 unspecified atom stereocenters. The first-order valence-electron chi connectivity index (χ1n) is 11.1. The highest BCUT2D eigenvalue weighted by Gasteiger charge is 2.43. The minimum Gasteiger partial charge on any atom is -0.389 e. The Labute approximate surface area is 193 Å². The number of amides is 3. The number of anilines is 1. The highest BCUT2D eigenvalue weighted by atomic mass is 32.1. The number of nitrogens with zero attached hydrogens (tertiary/aromatic N) is 4. The van der Waals surface area contributed by atoms with Gasteiger partial charge in [-0.1, -0.05) is 0 Å². The Morgan fingerprint density at radius 2 is 2.09 bits per heavy atom. The van der Waals surface area contributed by atoms with Gasteiger partial charge < -0.3 is 20.9 Å². The van der Waals surface area contributed by atoms with E-state index in [0.29, 0.717) is 42.5 Å². The van der Waals surface area contributed by atoms with Crippen LogP contribution in [0, 0.1) is 23.2 Å². The summed E-state index contributed by atoms with van der Waals surface area (Å²) in [5.41, 5.74) is 7.67. The lowest BCUT2D eigenvalue weighted by molar-refractivity contribution is -0.136. The van der Waals surface area contributed by atoms with Crippen LogP contribution >= 0.6 is 11.3 Å². The number of halogens is 1. The molecule has 2 aliphatic rings. The van der Waals surface area contributed by atoms with E-state index in [9.17, 15) is 19.2 Å². The molecule has 2 heterocycles. The summed E-state index contributed by atoms with van der Waals surface area (Å²) in [6.07, 6.45) is 2.87. The average molecular weight is 465 g/mol. The summed E-state index contributed by atoms with van der Waals surface area (Å²) in [5, 5.41) is 12.6. The number of nitriles is 1. The Morgan fingerprint density at radius 1 is 1.34 bits per heavy atom. The number of thiophene rings is 1. The maximum absolute atomic E-state index is 13.4. The second kappa shape index (κ2) is 10.6. The van der Waals surface area contributed by atoms with Crippen molar-refractivity contribution in [3.05, 3.63) is 16.0 Å². The first-order valence-corrected chi connectivity index (χ1v) is 11.9. The molecule has 0 spiro atoms. The zero-order chi connectivity index (χ0) is 23.4. The third-order valence-corrected chi connectivity index (χ3v) is 7.60. The third-order valence-electron chi connectivity index (χ3n) is 6.51. The molecule has 32 heavy (non-hydrogen) atoms. The fourth-order valence-electron chi connectivity index (χ4n) is 4.98. The van der Waals surface area contributed by atoms with Gasteiger partial charge in [0.1, 0.15) is 17.7 Å². The van der Waals surface area contributed by atoms with E-state index in [1.54, 1.807) is 0 Å². The van der Waals surface area contributed by atoms with E-state index in [4.69, 9.17) is 5.73 Å². The number of nitrogen functional groups attached to an aromatic ring is 1. The van der Waals surface area contributed by atoms with E-state index in [1.807, 2.05) is 26.0 Å². The van der Waals surface area contributed by atoms with Gasteiger partial charge in [0.05, 0.1) is 11.5 Å². The number of likely N-dealkylation sites (N-methyl/N-ethyl adjacent to an activating group) is 1. The lowest BCUT2D eigenvalue weighted by atomic mass is 9.74. The molecule has 3 amide bonds. The molecule has 3 atom stereocenters. The van der Waals surface area contributed by atoms with Crippen molar-refractivity contribution in [2.24, 2.45) is 11.8 Å². The predicted octanol–water partition coefficient (Wildman–Crippen LogP) is 1.70. The molecule has 1 aliphatic heterocycles. The van der Waals surface area contributed by atoms with Gasteiger partial charge in [-0.2, -0.15) is 5.26 Å². The SMILES string of the molecule is CN(C)CCCN(C(=O)NCCF)C(=O)[C@@H]1C[C@@H]2Cc3c(sc(N)c3C#N)C[C@H]2N(C)C1. The summed E-state index contributed by atoms with van der Waals surface area (Å²) in [6.45, 7) is 0.837. The van der Waals surface area contributed by atoms with Crippen molar-refractivity contribution in [2.45, 2.75) is 31.7 Å². The fraction of sp³-hybridized carbons (Fsp3) is 0.682. The number of nitrogens with two attached hydrogens (primary N) is 1. The topological polar surface area (TPSA) is 106 Å². The monoisotopic (exact) mass is 464 g/mol. The Hall–Kier alpha value is -2.22. The molecule has 1 aliphatic carbocycles. The predicted molar refractivity (Wildman–Crippen MR) is 123 cm³/mol. The average Bonchev–Trinajstić information content (AvgIpc) is 3.06. The lowest BCUT2D eigenvalue weighted by Crippen LogP contribution is -2.55. The molecule has 10 heteroatoms. The van der Waals surface area contributed by atoms with Crippen molar-refractivity contribution in [1.29, 1.82) is 5.26 Å². The molecular formula is C22H33FN6O2S. The molecule has 1 fully saturated rings. The van der Waals surface area contributed by atoms with Gasteiger partial charge in [0.2, 0.25) is 5.91 Å². The van der Waals surface area contributed by atoms with E-state index in [1.165, 1.54) is 21.1 Å².